The molecule has 6 nitrogen and oxygen atoms in total. The number of hydrogen-bond donors (Lipinski definition) is 2. The van der Waals surface area contributed by atoms with E-state index in [-0.39, 0.29) is 24.7 Å². The summed E-state index contributed by atoms with van der Waals surface area (Å²) in [7, 11) is 0. The molecule has 2 N–H and O–H groups in total. The Hall–Kier alpha value is -3.28. The van der Waals surface area contributed by atoms with Crippen molar-refractivity contribution in [1.29, 1.82) is 0 Å². The molecule has 0 atom stereocenters. The van der Waals surface area contributed by atoms with E-state index < -0.39 is 5.97 Å². The van der Waals surface area contributed by atoms with Crippen LogP contribution < -0.4 is 5.32 Å². The maximum Gasteiger partial charge on any atom is 0.310 e. The second-order valence-corrected chi connectivity index (χ2v) is 6.60. The van der Waals surface area contributed by atoms with Crippen LogP contribution in [0, 0.1) is 20.8 Å². The summed E-state index contributed by atoms with van der Waals surface area (Å²) >= 11 is 0. The number of hydrogen-bond acceptors (Lipinski definition) is 5. The van der Waals surface area contributed by atoms with Crippen LogP contribution in [0.2, 0.25) is 0 Å². The Labute approximate surface area is 156 Å². The molecule has 2 aromatic carbocycles. The van der Waals surface area contributed by atoms with Crippen LogP contribution in [-0.2, 0) is 20.7 Å². The molecule has 0 fully saturated rings. The summed E-state index contributed by atoms with van der Waals surface area (Å²) in [6, 6.07) is 8.63. The van der Waals surface area contributed by atoms with Gasteiger partial charge in [0.2, 0.25) is 0 Å². The number of phenolic OH excluding ortho intramolecular Hbond substituents is 1. The van der Waals surface area contributed by atoms with Crippen LogP contribution in [0.5, 0.6) is 5.75 Å². The number of fused-ring (bicyclic) bond motifs is 1. The highest BCUT2D eigenvalue weighted by Crippen LogP contribution is 2.25. The third kappa shape index (κ3) is 4.28. The van der Waals surface area contributed by atoms with Gasteiger partial charge in [-0.05, 0) is 44.0 Å². The highest BCUT2D eigenvalue weighted by Gasteiger charge is 2.14. The molecule has 0 bridgehead atoms. The van der Waals surface area contributed by atoms with Crippen molar-refractivity contribution in [2.24, 2.45) is 0 Å². The molecule has 0 aliphatic rings. The molecule has 1 amide bonds. The van der Waals surface area contributed by atoms with Crippen LogP contribution >= 0.6 is 0 Å². The van der Waals surface area contributed by atoms with E-state index in [4.69, 9.17) is 9.15 Å². The molecule has 3 aromatic rings. The van der Waals surface area contributed by atoms with Crippen LogP contribution in [0.25, 0.3) is 11.0 Å². The minimum absolute atomic E-state index is 0.0202. The van der Waals surface area contributed by atoms with Gasteiger partial charge in [0.1, 0.15) is 11.3 Å². The Morgan fingerprint density at radius 1 is 1.11 bits per heavy atom. The number of anilines is 1. The lowest BCUT2D eigenvalue weighted by atomic mass is 10.1. The molecule has 0 saturated heterocycles. The standard InChI is InChI=1S/C21H21NO5/c1-12-6-13(2)21(14(3)7-12)22-19(24)11-27-20(25)8-15-10-26-18-9-16(23)4-5-17(15)18/h4-7,9-10,23H,8,11H2,1-3H3,(H,22,24). The summed E-state index contributed by atoms with van der Waals surface area (Å²) in [4.78, 5) is 24.2. The van der Waals surface area contributed by atoms with Crippen molar-refractivity contribution >= 4 is 28.5 Å². The van der Waals surface area contributed by atoms with Crippen molar-refractivity contribution in [1.82, 2.24) is 0 Å². The van der Waals surface area contributed by atoms with Crippen LogP contribution in [-0.4, -0.2) is 23.6 Å². The van der Waals surface area contributed by atoms with E-state index in [0.717, 1.165) is 27.8 Å². The third-order valence-electron chi connectivity index (χ3n) is 4.28. The van der Waals surface area contributed by atoms with E-state index in [1.54, 1.807) is 6.07 Å². The van der Waals surface area contributed by atoms with Gasteiger partial charge in [0.05, 0.1) is 12.7 Å². The maximum absolute atomic E-state index is 12.1. The number of esters is 1. The summed E-state index contributed by atoms with van der Waals surface area (Å²) in [5.74, 6) is -0.831. The van der Waals surface area contributed by atoms with Crippen molar-refractivity contribution < 1.29 is 23.8 Å². The first kappa shape index (κ1) is 18.5. The number of carbonyl (C=O) groups is 2. The molecule has 0 saturated carbocycles. The van der Waals surface area contributed by atoms with Crippen LogP contribution in [0.4, 0.5) is 5.69 Å². The third-order valence-corrected chi connectivity index (χ3v) is 4.28. The highest BCUT2D eigenvalue weighted by molar-refractivity contribution is 5.94. The van der Waals surface area contributed by atoms with E-state index in [0.29, 0.717) is 11.1 Å². The fraction of sp³-hybridized carbons (Fsp3) is 0.238. The van der Waals surface area contributed by atoms with E-state index in [1.165, 1.54) is 18.4 Å². The van der Waals surface area contributed by atoms with Crippen molar-refractivity contribution in [2.45, 2.75) is 27.2 Å². The monoisotopic (exact) mass is 367 g/mol. The number of nitrogens with one attached hydrogen (secondary N) is 1. The molecule has 3 rings (SSSR count). The lowest BCUT2D eigenvalue weighted by Crippen LogP contribution is -2.22. The number of carbonyl (C=O) groups excluding carboxylic acids is 2. The van der Waals surface area contributed by atoms with E-state index in [9.17, 15) is 14.7 Å². The molecule has 0 aliphatic carbocycles. The first-order valence-corrected chi connectivity index (χ1v) is 8.56. The van der Waals surface area contributed by atoms with Crippen molar-refractivity contribution in [3.8, 4) is 5.75 Å². The number of aromatic hydroxyl groups is 1. The van der Waals surface area contributed by atoms with Crippen molar-refractivity contribution in [3.63, 3.8) is 0 Å². The predicted octanol–water partition coefficient (Wildman–Crippen LogP) is 3.79. The topological polar surface area (TPSA) is 88.8 Å². The Bertz CT molecular complexity index is 996. The van der Waals surface area contributed by atoms with Gasteiger partial charge in [-0.15, -0.1) is 0 Å². The second kappa shape index (κ2) is 7.53. The van der Waals surface area contributed by atoms with Gasteiger partial charge in [0.15, 0.2) is 6.61 Å². The number of amides is 1. The molecule has 0 unspecified atom stereocenters. The molecule has 0 radical (unpaired) electrons. The molecule has 1 aromatic heterocycles. The smallest absolute Gasteiger partial charge is 0.310 e. The molecular formula is C21H21NO5. The first-order valence-electron chi connectivity index (χ1n) is 8.56. The quantitative estimate of drug-likeness (QED) is 0.670. The zero-order chi connectivity index (χ0) is 19.6. The summed E-state index contributed by atoms with van der Waals surface area (Å²) in [6.07, 6.45) is 1.43. The minimum atomic E-state index is -0.529. The zero-order valence-corrected chi connectivity index (χ0v) is 15.5. The molecular weight excluding hydrogens is 346 g/mol. The Morgan fingerprint density at radius 3 is 2.52 bits per heavy atom. The van der Waals surface area contributed by atoms with Crippen molar-refractivity contribution in [3.05, 3.63) is 58.8 Å². The number of phenols is 1. The predicted molar refractivity (Wildman–Crippen MR) is 102 cm³/mol. The largest absolute Gasteiger partial charge is 0.508 e. The van der Waals surface area contributed by atoms with Crippen LogP contribution in [0.15, 0.2) is 41.0 Å². The molecule has 6 heteroatoms. The highest BCUT2D eigenvalue weighted by atomic mass is 16.5. The average Bonchev–Trinajstić information content (AvgIpc) is 2.98. The van der Waals surface area contributed by atoms with Gasteiger partial charge >= 0.3 is 5.97 Å². The number of aryl methyl sites for hydroxylation is 3. The van der Waals surface area contributed by atoms with Crippen LogP contribution in [0.1, 0.15) is 22.3 Å². The van der Waals surface area contributed by atoms with Gasteiger partial charge in [-0.25, -0.2) is 0 Å². The summed E-state index contributed by atoms with van der Waals surface area (Å²) < 4.78 is 10.4. The van der Waals surface area contributed by atoms with Gasteiger partial charge in [-0.3, -0.25) is 9.59 Å². The number of benzene rings is 2. The Balaban J connectivity index is 1.58. The second-order valence-electron chi connectivity index (χ2n) is 6.60. The fourth-order valence-electron chi connectivity index (χ4n) is 3.11. The number of furan rings is 1. The fourth-order valence-corrected chi connectivity index (χ4v) is 3.11. The molecule has 140 valence electrons. The number of rotatable bonds is 5. The van der Waals surface area contributed by atoms with E-state index in [2.05, 4.69) is 5.32 Å². The lowest BCUT2D eigenvalue weighted by Gasteiger charge is -2.13. The van der Waals surface area contributed by atoms with Gasteiger partial charge in [0, 0.05) is 22.7 Å². The minimum Gasteiger partial charge on any atom is -0.508 e. The first-order chi connectivity index (χ1) is 12.8. The zero-order valence-electron chi connectivity index (χ0n) is 15.5. The van der Waals surface area contributed by atoms with E-state index >= 15 is 0 Å². The molecule has 27 heavy (non-hydrogen) atoms. The van der Waals surface area contributed by atoms with Gasteiger partial charge in [-0.1, -0.05) is 17.7 Å². The summed E-state index contributed by atoms with van der Waals surface area (Å²) in [5, 5.41) is 13.0. The van der Waals surface area contributed by atoms with Crippen LogP contribution in [0.3, 0.4) is 0 Å². The normalized spacial score (nSPS) is 10.8. The Kier molecular flexibility index (Phi) is 5.16. The molecule has 0 spiro atoms. The van der Waals surface area contributed by atoms with E-state index in [1.807, 2.05) is 32.9 Å². The van der Waals surface area contributed by atoms with Gasteiger partial charge in [0.25, 0.3) is 5.91 Å². The molecule has 1 heterocycles. The lowest BCUT2D eigenvalue weighted by molar-refractivity contribution is -0.146. The Morgan fingerprint density at radius 2 is 1.81 bits per heavy atom. The van der Waals surface area contributed by atoms with Gasteiger partial charge in [-0.2, -0.15) is 0 Å². The SMILES string of the molecule is Cc1cc(C)c(NC(=O)COC(=O)Cc2coc3cc(O)ccc23)c(C)c1. The molecule has 0 aliphatic heterocycles. The summed E-state index contributed by atoms with van der Waals surface area (Å²) in [5.41, 5.74) is 4.90. The average molecular weight is 367 g/mol. The van der Waals surface area contributed by atoms with Crippen molar-refractivity contribution in [2.75, 3.05) is 11.9 Å². The number of ether oxygens (including phenoxy) is 1. The summed E-state index contributed by atoms with van der Waals surface area (Å²) in [6.45, 7) is 5.48. The van der Waals surface area contributed by atoms with Gasteiger partial charge < -0.3 is 19.6 Å². The maximum atomic E-state index is 12.1.